The monoisotopic (exact) mass is 450 g/mol. The van der Waals surface area contributed by atoms with Crippen molar-refractivity contribution in [2.75, 3.05) is 12.4 Å². The van der Waals surface area contributed by atoms with Gasteiger partial charge in [-0.3, -0.25) is 9.20 Å². The van der Waals surface area contributed by atoms with Gasteiger partial charge in [-0.05, 0) is 62.1 Å². The van der Waals surface area contributed by atoms with E-state index in [2.05, 4.69) is 15.6 Å². The van der Waals surface area contributed by atoms with Gasteiger partial charge in [-0.1, -0.05) is 6.07 Å². The average molecular weight is 450 g/mol. The number of ether oxygens (including phenoxy) is 1. The van der Waals surface area contributed by atoms with Crippen molar-refractivity contribution in [1.82, 2.24) is 14.7 Å². The molecule has 1 fully saturated rings. The first-order chi connectivity index (χ1) is 15.3. The fraction of sp³-hybridized carbons (Fsp3) is 0.364. The molecular weight excluding hydrogens is 428 g/mol. The van der Waals surface area contributed by atoms with Crippen molar-refractivity contribution in [2.45, 2.75) is 43.9 Å². The molecule has 1 aliphatic carbocycles. The Bertz CT molecular complexity index is 1100. The van der Waals surface area contributed by atoms with E-state index in [0.29, 0.717) is 37.0 Å². The number of imidazole rings is 1. The van der Waals surface area contributed by atoms with E-state index in [1.54, 1.807) is 31.4 Å². The molecule has 0 unspecified atom stereocenters. The van der Waals surface area contributed by atoms with Gasteiger partial charge in [0, 0.05) is 17.6 Å². The lowest BCUT2D eigenvalue weighted by atomic mass is 9.91. The molecule has 6 nitrogen and oxygen atoms in total. The number of alkyl halides is 3. The molecule has 170 valence electrons. The van der Waals surface area contributed by atoms with E-state index >= 15 is 0 Å². The Kier molecular flexibility index (Phi) is 5.94. The number of anilines is 1. The lowest BCUT2D eigenvalue weighted by molar-refractivity contribution is -0.143. The van der Waals surface area contributed by atoms with Crippen LogP contribution in [0.15, 0.2) is 42.5 Å². The molecule has 1 aromatic carbocycles. The summed E-state index contributed by atoms with van der Waals surface area (Å²) in [6.45, 7) is 0. The Morgan fingerprint density at radius 1 is 1.06 bits per heavy atom. The number of halogens is 4. The number of methoxy groups -OCH3 is 1. The molecule has 1 saturated carbocycles. The van der Waals surface area contributed by atoms with Crippen LogP contribution >= 0.6 is 0 Å². The topological polar surface area (TPSA) is 67.7 Å². The van der Waals surface area contributed by atoms with Gasteiger partial charge < -0.3 is 15.4 Å². The van der Waals surface area contributed by atoms with Crippen LogP contribution in [0.4, 0.5) is 23.4 Å². The normalized spacial score (nSPS) is 19.0. The third kappa shape index (κ3) is 4.49. The van der Waals surface area contributed by atoms with Crippen LogP contribution < -0.4 is 15.4 Å². The molecule has 1 amide bonds. The fourth-order valence-electron chi connectivity index (χ4n) is 3.95. The third-order valence-electron chi connectivity index (χ3n) is 5.62. The number of aromatic nitrogens is 2. The Balaban J connectivity index is 1.38. The second kappa shape index (κ2) is 8.68. The maximum atomic E-state index is 14.4. The van der Waals surface area contributed by atoms with Gasteiger partial charge in [-0.15, -0.1) is 0 Å². The predicted molar refractivity (Wildman–Crippen MR) is 110 cm³/mol. The van der Waals surface area contributed by atoms with Crippen LogP contribution in [0.2, 0.25) is 0 Å². The second-order valence-corrected chi connectivity index (χ2v) is 7.75. The zero-order valence-corrected chi connectivity index (χ0v) is 17.2. The molecule has 2 heterocycles. The van der Waals surface area contributed by atoms with Gasteiger partial charge in [-0.2, -0.15) is 17.6 Å². The Labute approximate surface area is 181 Å². The number of carbonyl (C=O) groups is 1. The van der Waals surface area contributed by atoms with Crippen molar-refractivity contribution < 1.29 is 27.1 Å². The highest BCUT2D eigenvalue weighted by Gasteiger charge is 2.39. The van der Waals surface area contributed by atoms with E-state index in [4.69, 9.17) is 4.74 Å². The number of pyridine rings is 1. The molecule has 4 rings (SSSR count). The molecule has 0 radical (unpaired) electrons. The van der Waals surface area contributed by atoms with Gasteiger partial charge in [0.15, 0.2) is 0 Å². The molecule has 0 aliphatic heterocycles. The van der Waals surface area contributed by atoms with Crippen molar-refractivity contribution >= 4 is 17.4 Å². The highest BCUT2D eigenvalue weighted by atomic mass is 19.4. The van der Waals surface area contributed by atoms with E-state index in [-0.39, 0.29) is 29.5 Å². The first-order valence-electron chi connectivity index (χ1n) is 10.2. The minimum absolute atomic E-state index is 0.0137. The summed E-state index contributed by atoms with van der Waals surface area (Å²) in [7, 11) is 1.55. The van der Waals surface area contributed by atoms with Crippen LogP contribution in [-0.4, -0.2) is 34.5 Å². The molecule has 1 aliphatic rings. The van der Waals surface area contributed by atoms with Gasteiger partial charge >= 0.3 is 6.18 Å². The number of fused-ring (bicyclic) bond motifs is 1. The SMILES string of the molecule is COc1ccc(C(=O)N[C@H]2CC[C@@H](Nc3cccc4nc(C(F)(F)F)c(F)n34)CC2)cc1. The van der Waals surface area contributed by atoms with Crippen LogP contribution in [0, 0.1) is 5.95 Å². The van der Waals surface area contributed by atoms with Crippen LogP contribution in [0.1, 0.15) is 41.7 Å². The van der Waals surface area contributed by atoms with Gasteiger partial charge in [0.25, 0.3) is 5.91 Å². The van der Waals surface area contributed by atoms with Crippen molar-refractivity contribution in [3.05, 3.63) is 59.7 Å². The van der Waals surface area contributed by atoms with Gasteiger partial charge in [0.05, 0.1) is 7.11 Å². The molecule has 2 aromatic heterocycles. The summed E-state index contributed by atoms with van der Waals surface area (Å²) >= 11 is 0. The van der Waals surface area contributed by atoms with Crippen molar-refractivity contribution in [2.24, 2.45) is 0 Å². The van der Waals surface area contributed by atoms with Gasteiger partial charge in [0.1, 0.15) is 17.2 Å². The Morgan fingerprint density at radius 3 is 2.34 bits per heavy atom. The zero-order chi connectivity index (χ0) is 22.9. The number of amides is 1. The number of rotatable bonds is 5. The number of carbonyl (C=O) groups excluding carboxylic acids is 1. The smallest absolute Gasteiger partial charge is 0.437 e. The van der Waals surface area contributed by atoms with Crippen LogP contribution in [0.25, 0.3) is 5.65 Å². The van der Waals surface area contributed by atoms with E-state index in [1.807, 2.05) is 0 Å². The minimum atomic E-state index is -4.87. The van der Waals surface area contributed by atoms with Crippen molar-refractivity contribution in [3.63, 3.8) is 0 Å². The Hall–Kier alpha value is -3.30. The minimum Gasteiger partial charge on any atom is -0.497 e. The van der Waals surface area contributed by atoms with E-state index in [0.717, 1.165) is 4.40 Å². The molecule has 32 heavy (non-hydrogen) atoms. The summed E-state index contributed by atoms with van der Waals surface area (Å²) < 4.78 is 59.4. The van der Waals surface area contributed by atoms with E-state index < -0.39 is 17.8 Å². The summed E-state index contributed by atoms with van der Waals surface area (Å²) in [6.07, 6.45) is -2.14. The number of benzene rings is 1. The van der Waals surface area contributed by atoms with Crippen molar-refractivity contribution in [1.29, 1.82) is 0 Å². The average Bonchev–Trinajstić information content (AvgIpc) is 3.13. The molecular formula is C22H22F4N4O2. The van der Waals surface area contributed by atoms with Gasteiger partial charge in [0.2, 0.25) is 11.6 Å². The summed E-state index contributed by atoms with van der Waals surface area (Å²) in [5.74, 6) is -0.724. The number of hydrogen-bond donors (Lipinski definition) is 2. The molecule has 0 atom stereocenters. The fourth-order valence-corrected chi connectivity index (χ4v) is 3.95. The summed E-state index contributed by atoms with van der Waals surface area (Å²) in [5, 5.41) is 6.14. The van der Waals surface area contributed by atoms with Gasteiger partial charge in [-0.25, -0.2) is 4.98 Å². The summed E-state index contributed by atoms with van der Waals surface area (Å²) in [6, 6.07) is 11.1. The summed E-state index contributed by atoms with van der Waals surface area (Å²) in [4.78, 5) is 15.8. The van der Waals surface area contributed by atoms with E-state index in [1.165, 1.54) is 18.2 Å². The highest BCUT2D eigenvalue weighted by molar-refractivity contribution is 5.94. The number of nitrogens with one attached hydrogen (secondary N) is 2. The zero-order valence-electron chi connectivity index (χ0n) is 17.2. The lowest BCUT2D eigenvalue weighted by Gasteiger charge is -2.30. The largest absolute Gasteiger partial charge is 0.497 e. The molecule has 2 N–H and O–H groups in total. The third-order valence-corrected chi connectivity index (χ3v) is 5.62. The first kappa shape index (κ1) is 21.9. The Morgan fingerprint density at radius 2 is 1.72 bits per heavy atom. The van der Waals surface area contributed by atoms with E-state index in [9.17, 15) is 22.4 Å². The second-order valence-electron chi connectivity index (χ2n) is 7.75. The predicted octanol–water partition coefficient (Wildman–Crippen LogP) is 4.65. The number of hydrogen-bond acceptors (Lipinski definition) is 4. The molecule has 0 spiro atoms. The van der Waals surface area contributed by atoms with Crippen LogP contribution in [0.3, 0.4) is 0 Å². The molecule has 10 heteroatoms. The first-order valence-corrected chi connectivity index (χ1v) is 10.2. The molecule has 0 saturated heterocycles. The van der Waals surface area contributed by atoms with Crippen LogP contribution in [0.5, 0.6) is 5.75 Å². The van der Waals surface area contributed by atoms with Crippen molar-refractivity contribution in [3.8, 4) is 5.75 Å². The molecule has 0 bridgehead atoms. The number of nitrogens with zero attached hydrogens (tertiary/aromatic N) is 2. The molecule has 3 aromatic rings. The quantitative estimate of drug-likeness (QED) is 0.555. The maximum Gasteiger partial charge on any atom is 0.437 e. The maximum absolute atomic E-state index is 14.4. The lowest BCUT2D eigenvalue weighted by Crippen LogP contribution is -2.40. The highest BCUT2D eigenvalue weighted by Crippen LogP contribution is 2.32. The summed E-state index contributed by atoms with van der Waals surface area (Å²) in [5.41, 5.74) is -1.11. The standard InChI is InChI=1S/C22H22F4N4O2/c1-32-16-11-5-13(6-12-16)21(31)28-15-9-7-14(8-10-15)27-17-3-2-4-18-29-19(22(24,25)26)20(23)30(17)18/h2-6,11-12,14-15,27H,7-10H2,1H3,(H,28,31)/t14-,15+. The van der Waals surface area contributed by atoms with Crippen LogP contribution in [-0.2, 0) is 6.18 Å².